The van der Waals surface area contributed by atoms with Crippen LogP contribution in [0.4, 0.5) is 5.95 Å². The molecule has 0 amide bonds. The molecule has 8 nitrogen and oxygen atoms in total. The van der Waals surface area contributed by atoms with E-state index in [0.717, 1.165) is 70.0 Å². The smallest absolute Gasteiger partial charge is 0.225 e. The number of aliphatic imine (C=N–C) groups is 1. The first-order valence-corrected chi connectivity index (χ1v) is 11.7. The average molecular weight is 438 g/mol. The fourth-order valence-corrected chi connectivity index (χ4v) is 4.51. The fraction of sp³-hybridized carbons (Fsp3) is 0.542. The lowest BCUT2D eigenvalue weighted by atomic mass is 10.1. The minimum Gasteiger partial charge on any atom is -0.497 e. The molecule has 0 saturated carbocycles. The van der Waals surface area contributed by atoms with E-state index in [1.54, 1.807) is 19.5 Å². The molecule has 3 heterocycles. The van der Waals surface area contributed by atoms with Crippen molar-refractivity contribution in [2.45, 2.75) is 25.8 Å². The second-order valence-corrected chi connectivity index (χ2v) is 8.25. The van der Waals surface area contributed by atoms with E-state index in [1.807, 2.05) is 12.1 Å². The van der Waals surface area contributed by atoms with Gasteiger partial charge in [0.25, 0.3) is 0 Å². The van der Waals surface area contributed by atoms with Gasteiger partial charge in [0.2, 0.25) is 5.95 Å². The number of nitrogens with zero attached hydrogens (tertiary/aromatic N) is 6. The zero-order valence-corrected chi connectivity index (χ0v) is 19.3. The van der Waals surface area contributed by atoms with Gasteiger partial charge in [0, 0.05) is 45.1 Å². The van der Waals surface area contributed by atoms with Gasteiger partial charge in [0.05, 0.1) is 19.7 Å². The predicted octanol–water partition coefficient (Wildman–Crippen LogP) is 2.41. The summed E-state index contributed by atoms with van der Waals surface area (Å²) in [6.07, 6.45) is 6.12. The van der Waals surface area contributed by atoms with E-state index in [9.17, 15) is 0 Å². The number of rotatable bonds is 7. The summed E-state index contributed by atoms with van der Waals surface area (Å²) in [4.78, 5) is 21.1. The second kappa shape index (κ2) is 11.1. The van der Waals surface area contributed by atoms with Crippen molar-refractivity contribution in [2.75, 3.05) is 64.4 Å². The number of benzene rings is 1. The van der Waals surface area contributed by atoms with Crippen LogP contribution in [-0.4, -0.2) is 85.2 Å². The molecule has 2 aliphatic heterocycles. The molecule has 2 aliphatic rings. The molecule has 32 heavy (non-hydrogen) atoms. The van der Waals surface area contributed by atoms with Gasteiger partial charge in [-0.15, -0.1) is 0 Å². The van der Waals surface area contributed by atoms with Gasteiger partial charge >= 0.3 is 0 Å². The normalized spacial score (nSPS) is 18.6. The Kier molecular flexibility index (Phi) is 7.77. The number of hydrogen-bond donors (Lipinski definition) is 1. The van der Waals surface area contributed by atoms with E-state index in [2.05, 4.69) is 55.1 Å². The zero-order valence-electron chi connectivity index (χ0n) is 19.3. The molecule has 2 fully saturated rings. The first-order chi connectivity index (χ1) is 15.8. The van der Waals surface area contributed by atoms with Crippen molar-refractivity contribution < 1.29 is 4.74 Å². The summed E-state index contributed by atoms with van der Waals surface area (Å²) < 4.78 is 5.48. The van der Waals surface area contributed by atoms with Gasteiger partial charge < -0.3 is 19.9 Å². The number of aromatic nitrogens is 2. The molecular weight excluding hydrogens is 402 g/mol. The maximum absolute atomic E-state index is 5.48. The number of likely N-dealkylation sites (tertiary alicyclic amines) is 1. The number of anilines is 1. The number of methoxy groups -OCH3 is 1. The molecular formula is C24H35N7O. The summed E-state index contributed by atoms with van der Waals surface area (Å²) >= 11 is 0. The van der Waals surface area contributed by atoms with Gasteiger partial charge in [-0.25, -0.2) is 9.97 Å². The lowest BCUT2D eigenvalue weighted by Gasteiger charge is -2.36. The maximum Gasteiger partial charge on any atom is 0.225 e. The first kappa shape index (κ1) is 22.3. The van der Waals surface area contributed by atoms with Gasteiger partial charge in [-0.05, 0) is 56.6 Å². The van der Waals surface area contributed by atoms with Crippen LogP contribution < -0.4 is 15.0 Å². The van der Waals surface area contributed by atoms with Gasteiger partial charge in [0.1, 0.15) is 5.75 Å². The van der Waals surface area contributed by atoms with Crippen molar-refractivity contribution >= 4 is 11.9 Å². The topological polar surface area (TPSA) is 69.1 Å². The Hall–Kier alpha value is -2.87. The number of ether oxygens (including phenoxy) is 1. The maximum atomic E-state index is 5.48. The van der Waals surface area contributed by atoms with E-state index < -0.39 is 0 Å². The lowest BCUT2D eigenvalue weighted by molar-refractivity contribution is 0.250. The van der Waals surface area contributed by atoms with Crippen molar-refractivity contribution in [3.63, 3.8) is 0 Å². The molecule has 1 aromatic carbocycles. The van der Waals surface area contributed by atoms with Crippen LogP contribution in [0.3, 0.4) is 0 Å². The molecule has 1 N–H and O–H groups in total. The van der Waals surface area contributed by atoms with Crippen LogP contribution in [-0.2, 0) is 0 Å². The summed E-state index contributed by atoms with van der Waals surface area (Å²) in [6.45, 7) is 9.55. The summed E-state index contributed by atoms with van der Waals surface area (Å²) in [5, 5.41) is 3.51. The third-order valence-electron chi connectivity index (χ3n) is 6.22. The van der Waals surface area contributed by atoms with Crippen LogP contribution in [0.5, 0.6) is 5.75 Å². The van der Waals surface area contributed by atoms with E-state index >= 15 is 0 Å². The van der Waals surface area contributed by atoms with E-state index in [-0.39, 0.29) is 6.04 Å². The molecule has 2 saturated heterocycles. The third kappa shape index (κ3) is 5.48. The molecule has 1 unspecified atom stereocenters. The Bertz CT molecular complexity index is 862. The molecule has 4 rings (SSSR count). The Morgan fingerprint density at radius 3 is 2.50 bits per heavy atom. The Labute approximate surface area is 191 Å². The molecule has 172 valence electrons. The van der Waals surface area contributed by atoms with Crippen molar-refractivity contribution in [1.29, 1.82) is 0 Å². The molecule has 2 aromatic rings. The van der Waals surface area contributed by atoms with Gasteiger partial charge in [0.15, 0.2) is 5.96 Å². The first-order valence-electron chi connectivity index (χ1n) is 11.7. The highest BCUT2D eigenvalue weighted by Gasteiger charge is 2.25. The summed E-state index contributed by atoms with van der Waals surface area (Å²) in [7, 11) is 1.73. The zero-order chi connectivity index (χ0) is 22.2. The Morgan fingerprint density at radius 2 is 1.81 bits per heavy atom. The van der Waals surface area contributed by atoms with Crippen LogP contribution >= 0.6 is 0 Å². The van der Waals surface area contributed by atoms with E-state index in [4.69, 9.17) is 9.73 Å². The number of guanidine groups is 1. The minimum atomic E-state index is 0.264. The molecule has 1 atom stereocenters. The van der Waals surface area contributed by atoms with Gasteiger partial charge in [-0.2, -0.15) is 0 Å². The van der Waals surface area contributed by atoms with Crippen LogP contribution in [0, 0.1) is 0 Å². The Balaban J connectivity index is 1.46. The molecule has 8 heteroatoms. The average Bonchev–Trinajstić information content (AvgIpc) is 3.39. The highest BCUT2D eigenvalue weighted by atomic mass is 16.5. The summed E-state index contributed by atoms with van der Waals surface area (Å²) in [6, 6.07) is 10.6. The second-order valence-electron chi connectivity index (χ2n) is 8.25. The molecule has 0 bridgehead atoms. The van der Waals surface area contributed by atoms with E-state index in [1.165, 1.54) is 18.4 Å². The van der Waals surface area contributed by atoms with Crippen molar-refractivity contribution in [2.24, 2.45) is 4.99 Å². The summed E-state index contributed by atoms with van der Waals surface area (Å²) in [5.74, 6) is 2.70. The SMILES string of the molecule is CCNC(=NCC(c1cccc(OC)c1)N1CCCC1)N1CCN(c2ncccn2)CC1. The highest BCUT2D eigenvalue weighted by molar-refractivity contribution is 5.80. The molecule has 0 aliphatic carbocycles. The minimum absolute atomic E-state index is 0.264. The Morgan fingerprint density at radius 1 is 1.06 bits per heavy atom. The molecule has 0 spiro atoms. The van der Waals surface area contributed by atoms with Crippen LogP contribution in [0.15, 0.2) is 47.7 Å². The van der Waals surface area contributed by atoms with Gasteiger partial charge in [-0.1, -0.05) is 12.1 Å². The quantitative estimate of drug-likeness (QED) is 0.527. The molecule has 1 aromatic heterocycles. The van der Waals surface area contributed by atoms with Crippen molar-refractivity contribution in [3.05, 3.63) is 48.3 Å². The predicted molar refractivity (Wildman–Crippen MR) is 128 cm³/mol. The summed E-state index contributed by atoms with van der Waals surface area (Å²) in [5.41, 5.74) is 1.27. The van der Waals surface area contributed by atoms with Crippen LogP contribution in [0.25, 0.3) is 0 Å². The standard InChI is InChI=1S/C24H35N7O/c1-3-25-23(30-14-16-31(17-15-30)24-26-10-7-11-27-24)28-19-22(29-12-4-5-13-29)20-8-6-9-21(18-20)32-2/h6-11,18,22H,3-5,12-17,19H2,1-2H3,(H,25,28). The van der Waals surface area contributed by atoms with Crippen LogP contribution in [0.1, 0.15) is 31.4 Å². The monoisotopic (exact) mass is 437 g/mol. The largest absolute Gasteiger partial charge is 0.497 e. The van der Waals surface area contributed by atoms with Crippen LogP contribution in [0.2, 0.25) is 0 Å². The number of piperazine rings is 1. The van der Waals surface area contributed by atoms with Crippen molar-refractivity contribution in [1.82, 2.24) is 25.1 Å². The highest BCUT2D eigenvalue weighted by Crippen LogP contribution is 2.28. The molecule has 0 radical (unpaired) electrons. The van der Waals surface area contributed by atoms with E-state index in [0.29, 0.717) is 0 Å². The van der Waals surface area contributed by atoms with Gasteiger partial charge in [-0.3, -0.25) is 9.89 Å². The van der Waals surface area contributed by atoms with Crippen molar-refractivity contribution in [3.8, 4) is 5.75 Å². The number of hydrogen-bond acceptors (Lipinski definition) is 6. The fourth-order valence-electron chi connectivity index (χ4n) is 4.51. The number of nitrogens with one attached hydrogen (secondary N) is 1. The lowest BCUT2D eigenvalue weighted by Crippen LogP contribution is -2.53. The third-order valence-corrected chi connectivity index (χ3v) is 6.22.